The number of nitrogens with one attached hydrogen (secondary N) is 3. The molecule has 0 radical (unpaired) electrons. The molecule has 0 aromatic heterocycles. The topological polar surface area (TPSA) is 70.2 Å². The molecule has 0 spiro atoms. The first-order valence-corrected chi connectivity index (χ1v) is 13.9. The fraction of sp³-hybridized carbons (Fsp3) is 0.188. The Morgan fingerprint density at radius 2 is 1.34 bits per heavy atom. The Morgan fingerprint density at radius 3 is 2.08 bits per heavy atom. The van der Waals surface area contributed by atoms with E-state index >= 15 is 0 Å². The quantitative estimate of drug-likeness (QED) is 0.0924. The predicted octanol–water partition coefficient (Wildman–Crippen LogP) is 6.39. The van der Waals surface area contributed by atoms with Gasteiger partial charge in [-0.1, -0.05) is 84.9 Å². The maximum Gasteiger partial charge on any atom is 0.251 e. The highest BCUT2D eigenvalue weighted by molar-refractivity contribution is 14.1. The fourth-order valence-electron chi connectivity index (χ4n) is 4.28. The number of carbonyl (C=O) groups excluding carboxylic acids is 2. The van der Waals surface area contributed by atoms with E-state index in [1.165, 1.54) is 16.7 Å². The highest BCUT2D eigenvalue weighted by atomic mass is 127. The molecule has 194 valence electrons. The Morgan fingerprint density at radius 1 is 0.684 bits per heavy atom. The Labute approximate surface area is 238 Å². The maximum atomic E-state index is 13.0. The van der Waals surface area contributed by atoms with Gasteiger partial charge in [-0.3, -0.25) is 9.59 Å². The van der Waals surface area contributed by atoms with Crippen molar-refractivity contribution >= 4 is 38.0 Å². The van der Waals surface area contributed by atoms with E-state index in [1.54, 1.807) is 46.9 Å². The molecule has 4 rings (SSSR count). The third-order valence-corrected chi connectivity index (χ3v) is 6.90. The number of halogens is 1. The zero-order chi connectivity index (χ0) is 26.6. The third-order valence-electron chi connectivity index (χ3n) is 6.28. The van der Waals surface area contributed by atoms with Crippen molar-refractivity contribution in [3.05, 3.63) is 137 Å². The van der Waals surface area contributed by atoms with E-state index in [1.807, 2.05) is 36.4 Å². The van der Waals surface area contributed by atoms with Gasteiger partial charge in [0.15, 0.2) is 0 Å². The van der Waals surface area contributed by atoms with Crippen LogP contribution in [0, 0.1) is 0 Å². The number of hydrogen-bond donors (Lipinski definition) is 3. The molecule has 38 heavy (non-hydrogen) atoms. The molecule has 1 amide bonds. The van der Waals surface area contributed by atoms with Crippen LogP contribution >= 0.6 is 22.6 Å². The average Bonchev–Trinajstić information content (AvgIpc) is 2.95. The second-order valence-electron chi connectivity index (χ2n) is 9.22. The average molecular weight is 618 g/mol. The zero-order valence-electron chi connectivity index (χ0n) is 21.2. The van der Waals surface area contributed by atoms with Crippen LogP contribution in [0.15, 0.2) is 109 Å². The highest BCUT2D eigenvalue weighted by Crippen LogP contribution is 2.14. The van der Waals surface area contributed by atoms with Crippen molar-refractivity contribution in [1.29, 1.82) is 0 Å². The van der Waals surface area contributed by atoms with Gasteiger partial charge in [0.25, 0.3) is 5.91 Å². The van der Waals surface area contributed by atoms with Crippen LogP contribution in [0.25, 0.3) is 0 Å². The SMILES string of the molecule is O=C(I)c1cccc(C(=O)N[C@H](CCNCc2cccc(NCc3ccccc3)c2)Cc2ccccc2)c1. The Balaban J connectivity index is 1.32. The fourth-order valence-corrected chi connectivity index (χ4v) is 4.61. The van der Waals surface area contributed by atoms with Crippen molar-refractivity contribution < 1.29 is 9.59 Å². The second kappa shape index (κ2) is 14.4. The lowest BCUT2D eigenvalue weighted by atomic mass is 10.0. The van der Waals surface area contributed by atoms with Crippen LogP contribution < -0.4 is 16.0 Å². The van der Waals surface area contributed by atoms with Gasteiger partial charge in [-0.25, -0.2) is 0 Å². The monoisotopic (exact) mass is 617 g/mol. The standard InChI is InChI=1S/C32H32IN3O2/c33-31(37)27-14-8-15-28(21-27)32(38)36-30(19-24-9-3-1-4-10-24)17-18-34-22-26-13-7-16-29(20-26)35-23-25-11-5-2-6-12-25/h1-16,20-21,30,34-35H,17-19,22-23H2,(H,36,38)/t30-/m1/s1. The van der Waals surface area contributed by atoms with Crippen molar-refractivity contribution in [3.63, 3.8) is 0 Å². The third kappa shape index (κ3) is 8.82. The summed E-state index contributed by atoms with van der Waals surface area (Å²) in [6, 6.07) is 35.8. The summed E-state index contributed by atoms with van der Waals surface area (Å²) in [5.74, 6) is -0.164. The molecular weight excluding hydrogens is 585 g/mol. The first kappa shape index (κ1) is 27.5. The van der Waals surface area contributed by atoms with E-state index in [0.29, 0.717) is 11.1 Å². The number of hydrogen-bond acceptors (Lipinski definition) is 4. The number of rotatable bonds is 13. The molecule has 3 N–H and O–H groups in total. The van der Waals surface area contributed by atoms with Gasteiger partial charge in [-0.05, 0) is 60.3 Å². The molecule has 0 unspecified atom stereocenters. The summed E-state index contributed by atoms with van der Waals surface area (Å²) in [5, 5.41) is 10.2. The summed E-state index contributed by atoms with van der Waals surface area (Å²) in [6.45, 7) is 2.28. The molecule has 6 heteroatoms. The summed E-state index contributed by atoms with van der Waals surface area (Å²) < 4.78 is -0.0818. The van der Waals surface area contributed by atoms with Crippen LogP contribution in [0.3, 0.4) is 0 Å². The Bertz CT molecular complexity index is 1330. The molecule has 0 saturated carbocycles. The van der Waals surface area contributed by atoms with Crippen molar-refractivity contribution in [1.82, 2.24) is 10.6 Å². The molecule has 0 bridgehead atoms. The maximum absolute atomic E-state index is 13.0. The summed E-state index contributed by atoms with van der Waals surface area (Å²) in [7, 11) is 0. The first-order chi connectivity index (χ1) is 18.6. The first-order valence-electron chi connectivity index (χ1n) is 12.8. The largest absolute Gasteiger partial charge is 0.381 e. The lowest BCUT2D eigenvalue weighted by molar-refractivity contribution is 0.0935. The van der Waals surface area contributed by atoms with Gasteiger partial charge in [-0.15, -0.1) is 0 Å². The number of amides is 1. The number of anilines is 1. The molecule has 0 fully saturated rings. The molecule has 0 saturated heterocycles. The van der Waals surface area contributed by atoms with Crippen molar-refractivity contribution in [2.75, 3.05) is 11.9 Å². The molecule has 1 atom stereocenters. The lowest BCUT2D eigenvalue weighted by Gasteiger charge is -2.20. The molecule has 4 aromatic rings. The highest BCUT2D eigenvalue weighted by Gasteiger charge is 2.15. The Hall–Kier alpha value is -3.49. The molecule has 0 aliphatic carbocycles. The minimum Gasteiger partial charge on any atom is -0.381 e. The zero-order valence-corrected chi connectivity index (χ0v) is 23.4. The van der Waals surface area contributed by atoms with Gasteiger partial charge in [0.2, 0.25) is 3.79 Å². The minimum absolute atomic E-state index is 0.0461. The smallest absolute Gasteiger partial charge is 0.251 e. The van der Waals surface area contributed by atoms with Crippen molar-refractivity contribution in [3.8, 4) is 0 Å². The van der Waals surface area contributed by atoms with Gasteiger partial charge < -0.3 is 16.0 Å². The molecule has 4 aromatic carbocycles. The van der Waals surface area contributed by atoms with Gasteiger partial charge in [0.05, 0.1) is 0 Å². The lowest BCUT2D eigenvalue weighted by Crippen LogP contribution is -2.38. The Kier molecular flexibility index (Phi) is 10.5. The summed E-state index contributed by atoms with van der Waals surface area (Å²) >= 11 is 1.74. The normalized spacial score (nSPS) is 11.5. The molecule has 0 aliphatic rings. The van der Waals surface area contributed by atoms with E-state index in [9.17, 15) is 9.59 Å². The van der Waals surface area contributed by atoms with E-state index in [-0.39, 0.29) is 15.7 Å². The van der Waals surface area contributed by atoms with E-state index in [4.69, 9.17) is 0 Å². The summed E-state index contributed by atoms with van der Waals surface area (Å²) in [6.07, 6.45) is 1.51. The van der Waals surface area contributed by atoms with Crippen molar-refractivity contribution in [2.24, 2.45) is 0 Å². The van der Waals surface area contributed by atoms with Gasteiger partial charge in [-0.2, -0.15) is 0 Å². The van der Waals surface area contributed by atoms with Crippen LogP contribution in [0.2, 0.25) is 0 Å². The number of carbonyl (C=O) groups is 2. The van der Waals surface area contributed by atoms with Gasteiger partial charge >= 0.3 is 0 Å². The summed E-state index contributed by atoms with van der Waals surface area (Å²) in [4.78, 5) is 24.8. The van der Waals surface area contributed by atoms with Gasteiger partial charge in [0, 0.05) is 58.5 Å². The van der Waals surface area contributed by atoms with E-state index in [0.717, 1.165) is 38.2 Å². The van der Waals surface area contributed by atoms with Gasteiger partial charge in [0.1, 0.15) is 0 Å². The molecule has 0 aliphatic heterocycles. The van der Waals surface area contributed by atoms with Crippen LogP contribution in [0.5, 0.6) is 0 Å². The molecule has 5 nitrogen and oxygen atoms in total. The summed E-state index contributed by atoms with van der Waals surface area (Å²) in [5.41, 5.74) is 5.74. The van der Waals surface area contributed by atoms with Crippen LogP contribution in [0.1, 0.15) is 43.8 Å². The predicted molar refractivity (Wildman–Crippen MR) is 163 cm³/mol. The van der Waals surface area contributed by atoms with Crippen LogP contribution in [0.4, 0.5) is 5.69 Å². The van der Waals surface area contributed by atoms with E-state index < -0.39 is 0 Å². The molecular formula is C32H32IN3O2. The number of benzene rings is 4. The van der Waals surface area contributed by atoms with E-state index in [2.05, 4.69) is 64.5 Å². The second-order valence-corrected chi connectivity index (χ2v) is 10.2. The minimum atomic E-state index is -0.164. The van der Waals surface area contributed by atoms with Crippen LogP contribution in [-0.4, -0.2) is 22.3 Å². The van der Waals surface area contributed by atoms with Crippen molar-refractivity contribution in [2.45, 2.75) is 32.0 Å². The van der Waals surface area contributed by atoms with Crippen LogP contribution in [-0.2, 0) is 19.5 Å². The molecule has 0 heterocycles.